The predicted octanol–water partition coefficient (Wildman–Crippen LogP) is 4.36. The topological polar surface area (TPSA) is 49.4 Å². The fourth-order valence-electron chi connectivity index (χ4n) is 5.04. The van der Waals surface area contributed by atoms with Gasteiger partial charge < -0.3 is 10.2 Å². The maximum atomic E-state index is 13.3. The molecule has 140 valence electrons. The van der Waals surface area contributed by atoms with Gasteiger partial charge in [-0.15, -0.1) is 0 Å². The number of carbonyl (C=O) groups excluding carboxylic acids is 2. The third-order valence-corrected chi connectivity index (χ3v) is 6.42. The summed E-state index contributed by atoms with van der Waals surface area (Å²) in [6.07, 6.45) is 12.7. The lowest BCUT2D eigenvalue weighted by Crippen LogP contribution is -2.46. The summed E-state index contributed by atoms with van der Waals surface area (Å²) >= 11 is 0. The van der Waals surface area contributed by atoms with Crippen molar-refractivity contribution in [1.29, 1.82) is 0 Å². The van der Waals surface area contributed by atoms with E-state index in [4.69, 9.17) is 0 Å². The minimum Gasteiger partial charge on any atom is -0.351 e. The molecule has 0 bridgehead atoms. The Morgan fingerprint density at radius 1 is 0.885 bits per heavy atom. The molecule has 0 saturated heterocycles. The van der Waals surface area contributed by atoms with Crippen molar-refractivity contribution in [1.82, 2.24) is 10.2 Å². The van der Waals surface area contributed by atoms with Gasteiger partial charge in [0.05, 0.1) is 0 Å². The molecular formula is C22H30N2O2. The van der Waals surface area contributed by atoms with Gasteiger partial charge in [-0.2, -0.15) is 0 Å². The third kappa shape index (κ3) is 3.38. The van der Waals surface area contributed by atoms with Crippen LogP contribution in [0.4, 0.5) is 0 Å². The maximum Gasteiger partial charge on any atom is 0.255 e. The zero-order valence-corrected chi connectivity index (χ0v) is 15.6. The average Bonchev–Trinajstić information content (AvgIpc) is 3.24. The lowest BCUT2D eigenvalue weighted by Gasteiger charge is -2.32. The lowest BCUT2D eigenvalue weighted by atomic mass is 9.96. The Bertz CT molecular complexity index is 658. The molecule has 1 aromatic carbocycles. The first-order valence-electron chi connectivity index (χ1n) is 10.5. The first-order chi connectivity index (χ1) is 12.8. The molecule has 4 rings (SSSR count). The first-order valence-corrected chi connectivity index (χ1v) is 10.5. The molecule has 1 heterocycles. The highest BCUT2D eigenvalue weighted by atomic mass is 16.2. The first kappa shape index (κ1) is 17.6. The molecule has 1 aromatic rings. The normalized spacial score (nSPS) is 25.0. The number of benzene rings is 1. The second-order valence-electron chi connectivity index (χ2n) is 8.19. The van der Waals surface area contributed by atoms with Crippen molar-refractivity contribution >= 4 is 11.8 Å². The molecule has 0 radical (unpaired) electrons. The number of nitrogens with one attached hydrogen (secondary N) is 1. The largest absolute Gasteiger partial charge is 0.351 e. The van der Waals surface area contributed by atoms with Gasteiger partial charge in [0.25, 0.3) is 5.91 Å². The summed E-state index contributed by atoms with van der Waals surface area (Å²) in [5.41, 5.74) is 1.62. The van der Waals surface area contributed by atoms with Gasteiger partial charge >= 0.3 is 0 Å². The molecule has 4 heteroatoms. The van der Waals surface area contributed by atoms with E-state index in [-0.39, 0.29) is 23.9 Å². The summed E-state index contributed by atoms with van der Waals surface area (Å²) < 4.78 is 0. The zero-order valence-electron chi connectivity index (χ0n) is 15.6. The summed E-state index contributed by atoms with van der Waals surface area (Å²) in [5.74, 6) is 0.0751. The van der Waals surface area contributed by atoms with Crippen molar-refractivity contribution < 1.29 is 9.59 Å². The van der Waals surface area contributed by atoms with Gasteiger partial charge in [0, 0.05) is 17.6 Å². The van der Waals surface area contributed by atoms with Crippen LogP contribution in [0.15, 0.2) is 24.3 Å². The second-order valence-corrected chi connectivity index (χ2v) is 8.19. The highest BCUT2D eigenvalue weighted by molar-refractivity contribution is 6.05. The highest BCUT2D eigenvalue weighted by Crippen LogP contribution is 2.39. The van der Waals surface area contributed by atoms with Gasteiger partial charge in [-0.1, -0.05) is 63.1 Å². The van der Waals surface area contributed by atoms with Crippen molar-refractivity contribution in [3.05, 3.63) is 35.4 Å². The van der Waals surface area contributed by atoms with Crippen LogP contribution in [-0.2, 0) is 4.79 Å². The van der Waals surface area contributed by atoms with Crippen molar-refractivity contribution in [2.24, 2.45) is 0 Å². The summed E-state index contributed by atoms with van der Waals surface area (Å²) in [7, 11) is 0. The van der Waals surface area contributed by atoms with E-state index in [0.29, 0.717) is 0 Å². The average molecular weight is 354 g/mol. The molecule has 0 aromatic heterocycles. The summed E-state index contributed by atoms with van der Waals surface area (Å²) in [5, 5.41) is 3.31. The Balaban J connectivity index is 1.56. The molecule has 2 saturated carbocycles. The van der Waals surface area contributed by atoms with Gasteiger partial charge in [-0.25, -0.2) is 0 Å². The van der Waals surface area contributed by atoms with Crippen LogP contribution in [0.2, 0.25) is 0 Å². The number of fused-ring (bicyclic) bond motifs is 1. The smallest absolute Gasteiger partial charge is 0.255 e. The number of nitrogens with zero attached hydrogens (tertiary/aromatic N) is 1. The van der Waals surface area contributed by atoms with Crippen LogP contribution in [0, 0.1) is 0 Å². The van der Waals surface area contributed by atoms with E-state index < -0.39 is 6.04 Å². The van der Waals surface area contributed by atoms with E-state index >= 15 is 0 Å². The number of rotatable bonds is 3. The van der Waals surface area contributed by atoms with Gasteiger partial charge in [0.1, 0.15) is 6.04 Å². The Labute approximate surface area is 156 Å². The Morgan fingerprint density at radius 3 is 2.23 bits per heavy atom. The number of amides is 2. The summed E-state index contributed by atoms with van der Waals surface area (Å²) in [4.78, 5) is 28.2. The minimum absolute atomic E-state index is 0.0285. The Hall–Kier alpha value is -1.84. The SMILES string of the molecule is O=C(NC1CCCCCCC1)[C@@H]1c2ccccc2C(=O)N1C1CCCC1. The Kier molecular flexibility index (Phi) is 5.28. The number of hydrogen-bond acceptors (Lipinski definition) is 2. The number of hydrogen-bond donors (Lipinski definition) is 1. The molecule has 2 aliphatic carbocycles. The Morgan fingerprint density at radius 2 is 1.50 bits per heavy atom. The molecule has 2 amide bonds. The van der Waals surface area contributed by atoms with Crippen LogP contribution >= 0.6 is 0 Å². The fourth-order valence-corrected chi connectivity index (χ4v) is 5.04. The second kappa shape index (κ2) is 7.81. The predicted molar refractivity (Wildman–Crippen MR) is 102 cm³/mol. The molecule has 4 nitrogen and oxygen atoms in total. The standard InChI is InChI=1S/C22H30N2O2/c25-21(23-16-10-4-2-1-3-5-11-16)20-18-14-8-9-15-19(18)22(26)24(20)17-12-6-7-13-17/h8-9,14-17,20H,1-7,10-13H2,(H,23,25)/t20-/m0/s1. The summed E-state index contributed by atoms with van der Waals surface area (Å²) in [6, 6.07) is 7.72. The molecule has 3 aliphatic rings. The van der Waals surface area contributed by atoms with Gasteiger partial charge in [0.15, 0.2) is 0 Å². The fraction of sp³-hybridized carbons (Fsp3) is 0.636. The van der Waals surface area contributed by atoms with E-state index in [1.165, 1.54) is 32.1 Å². The third-order valence-electron chi connectivity index (χ3n) is 6.42. The molecule has 0 unspecified atom stereocenters. The van der Waals surface area contributed by atoms with Crippen molar-refractivity contribution in [2.75, 3.05) is 0 Å². The lowest BCUT2D eigenvalue weighted by molar-refractivity contribution is -0.127. The van der Waals surface area contributed by atoms with Crippen molar-refractivity contribution in [3.8, 4) is 0 Å². The van der Waals surface area contributed by atoms with Crippen LogP contribution in [0.1, 0.15) is 92.6 Å². The molecule has 0 spiro atoms. The molecule has 1 N–H and O–H groups in total. The van der Waals surface area contributed by atoms with Crippen LogP contribution in [-0.4, -0.2) is 28.8 Å². The van der Waals surface area contributed by atoms with Crippen LogP contribution in [0.5, 0.6) is 0 Å². The molecular weight excluding hydrogens is 324 g/mol. The van der Waals surface area contributed by atoms with Crippen LogP contribution in [0.25, 0.3) is 0 Å². The summed E-state index contributed by atoms with van der Waals surface area (Å²) in [6.45, 7) is 0. The van der Waals surface area contributed by atoms with E-state index in [9.17, 15) is 9.59 Å². The highest BCUT2D eigenvalue weighted by Gasteiger charge is 2.45. The van der Waals surface area contributed by atoms with Crippen LogP contribution in [0.3, 0.4) is 0 Å². The van der Waals surface area contributed by atoms with Gasteiger partial charge in [0.2, 0.25) is 5.91 Å². The maximum absolute atomic E-state index is 13.3. The van der Waals surface area contributed by atoms with E-state index in [1.54, 1.807) is 0 Å². The number of carbonyl (C=O) groups is 2. The van der Waals surface area contributed by atoms with E-state index in [1.807, 2.05) is 29.2 Å². The zero-order chi connectivity index (χ0) is 17.9. The van der Waals surface area contributed by atoms with Crippen molar-refractivity contribution in [2.45, 2.75) is 88.8 Å². The minimum atomic E-state index is -0.438. The molecule has 2 fully saturated rings. The monoisotopic (exact) mass is 354 g/mol. The molecule has 1 aliphatic heterocycles. The quantitative estimate of drug-likeness (QED) is 0.877. The van der Waals surface area contributed by atoms with Crippen molar-refractivity contribution in [3.63, 3.8) is 0 Å². The van der Waals surface area contributed by atoms with Crippen LogP contribution < -0.4 is 5.32 Å². The molecule has 26 heavy (non-hydrogen) atoms. The van der Waals surface area contributed by atoms with Gasteiger partial charge in [-0.05, 0) is 37.3 Å². The van der Waals surface area contributed by atoms with E-state index in [0.717, 1.165) is 49.7 Å². The molecule has 1 atom stereocenters. The van der Waals surface area contributed by atoms with E-state index in [2.05, 4.69) is 5.32 Å². The van der Waals surface area contributed by atoms with Gasteiger partial charge in [-0.3, -0.25) is 9.59 Å².